The SMILES string of the molecule is O=[P+](O)Cc1c(Cl)cccc1Cl. The fourth-order valence-corrected chi connectivity index (χ4v) is 2.15. The van der Waals surface area contributed by atoms with Crippen molar-refractivity contribution in [3.63, 3.8) is 0 Å². The highest BCUT2D eigenvalue weighted by Crippen LogP contribution is 2.31. The van der Waals surface area contributed by atoms with Crippen molar-refractivity contribution in [3.8, 4) is 0 Å². The molecule has 0 fully saturated rings. The Labute approximate surface area is 81.0 Å². The molecule has 1 rings (SSSR count). The Hall–Kier alpha value is -0.140. The first kappa shape index (κ1) is 9.94. The molecule has 1 aromatic rings. The van der Waals surface area contributed by atoms with Crippen molar-refractivity contribution in [3.05, 3.63) is 33.8 Å². The molecule has 0 aromatic heterocycles. The first-order valence-corrected chi connectivity index (χ1v) is 5.33. The molecule has 2 nitrogen and oxygen atoms in total. The van der Waals surface area contributed by atoms with Gasteiger partial charge in [0, 0.05) is 15.6 Å². The lowest BCUT2D eigenvalue weighted by molar-refractivity contribution is 0.502. The lowest BCUT2D eigenvalue weighted by Gasteiger charge is -1.98. The van der Waals surface area contributed by atoms with Gasteiger partial charge in [-0.3, -0.25) is 0 Å². The van der Waals surface area contributed by atoms with Gasteiger partial charge >= 0.3 is 8.03 Å². The average Bonchev–Trinajstić information content (AvgIpc) is 1.97. The maximum atomic E-state index is 10.5. The molecule has 0 spiro atoms. The van der Waals surface area contributed by atoms with Gasteiger partial charge in [0.1, 0.15) is 0 Å². The molecule has 1 aromatic carbocycles. The van der Waals surface area contributed by atoms with Gasteiger partial charge in [-0.15, -0.1) is 0 Å². The molecular weight excluding hydrogens is 218 g/mol. The van der Waals surface area contributed by atoms with Gasteiger partial charge in [-0.2, -0.15) is 4.89 Å². The zero-order chi connectivity index (χ0) is 9.14. The van der Waals surface area contributed by atoms with Crippen LogP contribution in [0.3, 0.4) is 0 Å². The first-order chi connectivity index (χ1) is 5.61. The first-order valence-electron chi connectivity index (χ1n) is 3.17. The molecule has 64 valence electrons. The molecule has 0 bridgehead atoms. The third kappa shape index (κ3) is 2.43. The highest BCUT2D eigenvalue weighted by Gasteiger charge is 2.17. The molecule has 0 amide bonds. The van der Waals surface area contributed by atoms with Gasteiger partial charge in [-0.05, 0) is 16.7 Å². The van der Waals surface area contributed by atoms with Gasteiger partial charge in [0.2, 0.25) is 6.16 Å². The highest BCUT2D eigenvalue weighted by molar-refractivity contribution is 7.37. The van der Waals surface area contributed by atoms with E-state index in [1.165, 1.54) is 0 Å². The summed E-state index contributed by atoms with van der Waals surface area (Å²) in [6.07, 6.45) is 0.00778. The van der Waals surface area contributed by atoms with Gasteiger partial charge in [0.25, 0.3) is 0 Å². The van der Waals surface area contributed by atoms with E-state index < -0.39 is 8.03 Å². The molecule has 0 aliphatic heterocycles. The summed E-state index contributed by atoms with van der Waals surface area (Å²) in [6.45, 7) is 0. The standard InChI is InChI=1S/C7H5Cl2O2P/c8-6-2-1-3-7(9)5(6)4-12(10)11/h1-3H,4H2/p+1. The van der Waals surface area contributed by atoms with Crippen LogP contribution in [-0.4, -0.2) is 4.89 Å². The molecule has 0 aliphatic rings. The van der Waals surface area contributed by atoms with Gasteiger partial charge in [0.15, 0.2) is 0 Å². The summed E-state index contributed by atoms with van der Waals surface area (Å²) in [4.78, 5) is 8.65. The Morgan fingerprint density at radius 2 is 1.83 bits per heavy atom. The molecule has 0 aliphatic carbocycles. The summed E-state index contributed by atoms with van der Waals surface area (Å²) >= 11 is 11.5. The normalized spacial score (nSPS) is 11.4. The minimum absolute atomic E-state index is 0.00778. The van der Waals surface area contributed by atoms with Gasteiger partial charge in [0.05, 0.1) is 0 Å². The van der Waals surface area contributed by atoms with Crippen molar-refractivity contribution in [2.24, 2.45) is 0 Å². The van der Waals surface area contributed by atoms with E-state index in [0.29, 0.717) is 15.6 Å². The summed E-state index contributed by atoms with van der Waals surface area (Å²) in [6, 6.07) is 4.97. The molecular formula is C7H6Cl2O2P+. The molecule has 1 unspecified atom stereocenters. The predicted molar refractivity (Wildman–Crippen MR) is 50.0 cm³/mol. The van der Waals surface area contributed by atoms with Gasteiger partial charge < -0.3 is 0 Å². The number of halogens is 2. The van der Waals surface area contributed by atoms with Crippen LogP contribution in [0.5, 0.6) is 0 Å². The third-order valence-electron chi connectivity index (χ3n) is 1.36. The molecule has 0 saturated heterocycles. The van der Waals surface area contributed by atoms with Crippen LogP contribution in [0.15, 0.2) is 18.2 Å². The van der Waals surface area contributed by atoms with Crippen LogP contribution in [0, 0.1) is 0 Å². The Bertz CT molecular complexity index is 294. The molecule has 0 heterocycles. The Kier molecular flexibility index (Phi) is 3.48. The summed E-state index contributed by atoms with van der Waals surface area (Å²) in [5, 5.41) is 0.861. The van der Waals surface area contributed by atoms with Crippen LogP contribution in [-0.2, 0) is 10.7 Å². The smallest absolute Gasteiger partial charge is 0.160 e. The lowest BCUT2D eigenvalue weighted by atomic mass is 10.2. The van der Waals surface area contributed by atoms with E-state index >= 15 is 0 Å². The molecule has 1 atom stereocenters. The van der Waals surface area contributed by atoms with Crippen LogP contribution in [0.4, 0.5) is 0 Å². The molecule has 0 radical (unpaired) electrons. The van der Waals surface area contributed by atoms with E-state index in [1.807, 2.05) is 0 Å². The summed E-state index contributed by atoms with van der Waals surface area (Å²) in [5.41, 5.74) is 0.532. The largest absolute Gasteiger partial charge is 0.510 e. The summed E-state index contributed by atoms with van der Waals surface area (Å²) in [7, 11) is -2.23. The van der Waals surface area contributed by atoms with Crippen LogP contribution in [0.25, 0.3) is 0 Å². The number of hydrogen-bond donors (Lipinski definition) is 1. The molecule has 5 heteroatoms. The maximum Gasteiger partial charge on any atom is 0.510 e. The zero-order valence-corrected chi connectivity index (χ0v) is 8.40. The van der Waals surface area contributed by atoms with Crippen LogP contribution >= 0.6 is 31.2 Å². The van der Waals surface area contributed by atoms with E-state index in [4.69, 9.17) is 28.1 Å². The van der Waals surface area contributed by atoms with Crippen molar-refractivity contribution in [1.29, 1.82) is 0 Å². The predicted octanol–water partition coefficient (Wildman–Crippen LogP) is 3.23. The van der Waals surface area contributed by atoms with Crippen LogP contribution < -0.4 is 0 Å². The average molecular weight is 224 g/mol. The number of rotatable bonds is 2. The Balaban J connectivity index is 3.04. The van der Waals surface area contributed by atoms with Gasteiger partial charge in [-0.1, -0.05) is 29.3 Å². The fourth-order valence-electron chi connectivity index (χ4n) is 0.819. The monoisotopic (exact) mass is 223 g/mol. The van der Waals surface area contributed by atoms with E-state index in [1.54, 1.807) is 18.2 Å². The van der Waals surface area contributed by atoms with Gasteiger partial charge in [-0.25, -0.2) is 0 Å². The maximum absolute atomic E-state index is 10.5. The van der Waals surface area contributed by atoms with Crippen molar-refractivity contribution in [2.75, 3.05) is 0 Å². The molecule has 1 N–H and O–H groups in total. The topological polar surface area (TPSA) is 37.3 Å². The van der Waals surface area contributed by atoms with E-state index in [9.17, 15) is 4.57 Å². The van der Waals surface area contributed by atoms with Crippen molar-refractivity contribution >= 4 is 31.2 Å². The van der Waals surface area contributed by atoms with Crippen molar-refractivity contribution in [1.82, 2.24) is 0 Å². The second-order valence-electron chi connectivity index (χ2n) is 2.21. The third-order valence-corrected chi connectivity index (χ3v) is 2.65. The van der Waals surface area contributed by atoms with Crippen molar-refractivity contribution < 1.29 is 9.46 Å². The summed E-state index contributed by atoms with van der Waals surface area (Å²) in [5.74, 6) is 0. The van der Waals surface area contributed by atoms with Crippen LogP contribution in [0.1, 0.15) is 5.56 Å². The van der Waals surface area contributed by atoms with E-state index in [-0.39, 0.29) is 6.16 Å². The second kappa shape index (κ2) is 4.20. The van der Waals surface area contributed by atoms with E-state index in [0.717, 1.165) is 0 Å². The number of benzene rings is 1. The Morgan fingerprint density at radius 1 is 1.33 bits per heavy atom. The van der Waals surface area contributed by atoms with Crippen LogP contribution in [0.2, 0.25) is 10.0 Å². The number of hydrogen-bond acceptors (Lipinski definition) is 1. The summed E-state index contributed by atoms with van der Waals surface area (Å²) < 4.78 is 10.5. The second-order valence-corrected chi connectivity index (χ2v) is 4.05. The minimum atomic E-state index is -2.23. The molecule has 0 saturated carbocycles. The minimum Gasteiger partial charge on any atom is -0.160 e. The quantitative estimate of drug-likeness (QED) is 0.783. The van der Waals surface area contributed by atoms with E-state index in [2.05, 4.69) is 0 Å². The lowest BCUT2D eigenvalue weighted by Crippen LogP contribution is -1.83. The molecule has 12 heavy (non-hydrogen) atoms. The Morgan fingerprint density at radius 3 is 2.25 bits per heavy atom. The zero-order valence-electron chi connectivity index (χ0n) is 6.00. The van der Waals surface area contributed by atoms with Crippen molar-refractivity contribution in [2.45, 2.75) is 6.16 Å². The highest BCUT2D eigenvalue weighted by atomic mass is 35.5. The fraction of sp³-hybridized carbons (Fsp3) is 0.143.